The molecule has 0 spiro atoms. The molecule has 1 aromatic rings. The molecule has 214 valence electrons. The van der Waals surface area contributed by atoms with Crippen LogP contribution in [0.5, 0.6) is 5.88 Å². The summed E-state index contributed by atoms with van der Waals surface area (Å²) in [7, 11) is 1.50. The van der Waals surface area contributed by atoms with E-state index in [9.17, 15) is 28.7 Å². The number of carbonyl (C=O) groups excluding carboxylic acids is 2. The lowest BCUT2D eigenvalue weighted by atomic mass is 9.77. The summed E-state index contributed by atoms with van der Waals surface area (Å²) in [6, 6.07) is -0.775. The summed E-state index contributed by atoms with van der Waals surface area (Å²) in [6.45, 7) is 3.46. The summed E-state index contributed by atoms with van der Waals surface area (Å²) in [5.74, 6) is -1.37. The van der Waals surface area contributed by atoms with Crippen LogP contribution in [0.1, 0.15) is 63.5 Å². The average molecular weight is 549 g/mol. The van der Waals surface area contributed by atoms with E-state index < -0.39 is 46.3 Å². The lowest BCUT2D eigenvalue weighted by Gasteiger charge is -2.40. The zero-order chi connectivity index (χ0) is 28.2. The predicted molar refractivity (Wildman–Crippen MR) is 138 cm³/mol. The van der Waals surface area contributed by atoms with Gasteiger partial charge in [0.05, 0.1) is 13.2 Å². The normalized spacial score (nSPS) is 31.4. The van der Waals surface area contributed by atoms with Gasteiger partial charge in [-0.25, -0.2) is 14.0 Å². The third-order valence-corrected chi connectivity index (χ3v) is 9.13. The highest BCUT2D eigenvalue weighted by Crippen LogP contribution is 2.41. The second-order valence-electron chi connectivity index (χ2n) is 11.9. The fourth-order valence-corrected chi connectivity index (χ4v) is 6.69. The number of aromatic nitrogens is 2. The quantitative estimate of drug-likeness (QED) is 0.249. The molecule has 39 heavy (non-hydrogen) atoms. The van der Waals surface area contributed by atoms with Crippen LogP contribution < -0.4 is 17.0 Å². The molecule has 3 heterocycles. The fourth-order valence-electron chi connectivity index (χ4n) is 6.69. The summed E-state index contributed by atoms with van der Waals surface area (Å²) in [5.41, 5.74) is 2.73. The summed E-state index contributed by atoms with van der Waals surface area (Å²) in [4.78, 5) is 55.5. The maximum atomic E-state index is 13.4. The molecule has 2 saturated heterocycles. The highest BCUT2D eigenvalue weighted by molar-refractivity contribution is 6.06. The van der Waals surface area contributed by atoms with E-state index in [0.29, 0.717) is 51.9 Å². The number of rotatable bonds is 8. The zero-order valence-electron chi connectivity index (χ0n) is 22.4. The maximum Gasteiger partial charge on any atom is 0.334 e. The maximum absolute atomic E-state index is 13.4. The van der Waals surface area contributed by atoms with Crippen molar-refractivity contribution in [3.63, 3.8) is 0 Å². The molecule has 4 fully saturated rings. The second kappa shape index (κ2) is 10.1. The Morgan fingerprint density at radius 1 is 1.08 bits per heavy atom. The van der Waals surface area contributed by atoms with E-state index >= 15 is 0 Å². The number of carbonyl (C=O) groups is 2. The molecule has 4 N–H and O–H groups in total. The van der Waals surface area contributed by atoms with Crippen LogP contribution in [0.15, 0.2) is 9.59 Å². The van der Waals surface area contributed by atoms with Gasteiger partial charge in [-0.2, -0.15) is 0 Å². The molecule has 13 heteroatoms. The third kappa shape index (κ3) is 4.64. The van der Waals surface area contributed by atoms with Crippen molar-refractivity contribution < 1.29 is 23.8 Å². The molecular weight excluding hydrogens is 511 g/mol. The minimum atomic E-state index is -0.972. The van der Waals surface area contributed by atoms with Crippen molar-refractivity contribution in [2.75, 3.05) is 26.8 Å². The van der Waals surface area contributed by atoms with Crippen LogP contribution in [-0.4, -0.2) is 80.3 Å². The Balaban J connectivity index is 1.34. The number of nitrogens with one attached hydrogen (secondary N) is 1. The summed E-state index contributed by atoms with van der Waals surface area (Å²) in [6.07, 6.45) is 2.27. The number of amidine groups is 1. The Labute approximate surface area is 225 Å². The van der Waals surface area contributed by atoms with E-state index in [0.717, 1.165) is 9.13 Å². The first-order valence-electron chi connectivity index (χ1n) is 13.7. The largest absolute Gasteiger partial charge is 0.494 e. The van der Waals surface area contributed by atoms with Crippen LogP contribution in [-0.2, 0) is 16.1 Å². The number of urea groups is 1. The molecule has 0 unspecified atom stereocenters. The standard InChI is InChI=1S/C26H37FN6O6/c1-26(23(36)30(2)24(37)32(26)11-16-12-39-13-16)9-14-3-5-18(6-4-14)33-22(35)19(20(28)29)21(34)31(25(33)38)10-15-7-17(27)8-15/h14-18,34H,3-13H2,1-2H3,(H3,28,29)/t14?,15?,17?,18?,26-/m0/s1. The van der Waals surface area contributed by atoms with Crippen molar-refractivity contribution in [3.8, 4) is 5.88 Å². The van der Waals surface area contributed by atoms with Crippen molar-refractivity contribution in [2.45, 2.75) is 76.2 Å². The van der Waals surface area contributed by atoms with E-state index in [-0.39, 0.29) is 49.1 Å². The monoisotopic (exact) mass is 548 g/mol. The molecule has 0 bridgehead atoms. The van der Waals surface area contributed by atoms with Crippen LogP contribution in [0.3, 0.4) is 0 Å². The number of aromatic hydroxyl groups is 1. The number of nitrogens with two attached hydrogens (primary N) is 1. The van der Waals surface area contributed by atoms with Gasteiger partial charge < -0.3 is 20.5 Å². The van der Waals surface area contributed by atoms with Gasteiger partial charge in [0.2, 0.25) is 5.88 Å². The van der Waals surface area contributed by atoms with Crippen LogP contribution >= 0.6 is 0 Å². The highest BCUT2D eigenvalue weighted by Gasteiger charge is 2.54. The predicted octanol–water partition coefficient (Wildman–Crippen LogP) is 1.17. The van der Waals surface area contributed by atoms with Crippen molar-refractivity contribution >= 4 is 17.8 Å². The van der Waals surface area contributed by atoms with E-state index in [1.54, 1.807) is 4.90 Å². The van der Waals surface area contributed by atoms with Gasteiger partial charge >= 0.3 is 11.7 Å². The number of nitrogen functional groups attached to an aromatic ring is 1. The van der Waals surface area contributed by atoms with Crippen LogP contribution in [0.25, 0.3) is 0 Å². The Bertz CT molecular complexity index is 1290. The molecule has 2 aliphatic carbocycles. The molecule has 1 aromatic heterocycles. The molecule has 5 rings (SSSR count). The summed E-state index contributed by atoms with van der Waals surface area (Å²) < 4.78 is 20.8. The van der Waals surface area contributed by atoms with E-state index in [1.165, 1.54) is 11.9 Å². The van der Waals surface area contributed by atoms with Gasteiger partial charge in [-0.3, -0.25) is 29.0 Å². The second-order valence-corrected chi connectivity index (χ2v) is 11.9. The molecule has 4 aliphatic rings. The number of hydrogen-bond donors (Lipinski definition) is 3. The van der Waals surface area contributed by atoms with Gasteiger partial charge in [0, 0.05) is 32.1 Å². The molecule has 0 radical (unpaired) electrons. The molecule has 3 amide bonds. The molecule has 12 nitrogen and oxygen atoms in total. The molecule has 0 aromatic carbocycles. The van der Waals surface area contributed by atoms with Gasteiger partial charge in [0.25, 0.3) is 11.5 Å². The van der Waals surface area contributed by atoms with E-state index in [1.807, 2.05) is 6.92 Å². The fraction of sp³-hybridized carbons (Fsp3) is 0.731. The lowest BCUT2D eigenvalue weighted by Crippen LogP contribution is -2.52. The average Bonchev–Trinajstić information content (AvgIpc) is 2.98. The highest BCUT2D eigenvalue weighted by atomic mass is 19.1. The van der Waals surface area contributed by atoms with Crippen molar-refractivity contribution in [1.82, 2.24) is 18.9 Å². The minimum absolute atomic E-state index is 0.0465. The van der Waals surface area contributed by atoms with Crippen LogP contribution in [0, 0.1) is 23.2 Å². The zero-order valence-corrected chi connectivity index (χ0v) is 22.4. The number of hydrogen-bond acceptors (Lipinski definition) is 7. The van der Waals surface area contributed by atoms with E-state index in [4.69, 9.17) is 15.9 Å². The number of imide groups is 1. The lowest BCUT2D eigenvalue weighted by molar-refractivity contribution is -0.133. The first-order chi connectivity index (χ1) is 18.4. The summed E-state index contributed by atoms with van der Waals surface area (Å²) >= 11 is 0. The minimum Gasteiger partial charge on any atom is -0.494 e. The van der Waals surface area contributed by atoms with Gasteiger partial charge in [-0.1, -0.05) is 0 Å². The third-order valence-electron chi connectivity index (χ3n) is 9.13. The molecule has 1 atom stereocenters. The Morgan fingerprint density at radius 3 is 2.26 bits per heavy atom. The number of ether oxygens (including phenoxy) is 1. The number of amides is 3. The topological polar surface area (TPSA) is 164 Å². The van der Waals surface area contributed by atoms with Gasteiger partial charge in [-0.15, -0.1) is 0 Å². The Kier molecular flexibility index (Phi) is 7.06. The number of halogens is 1. The van der Waals surface area contributed by atoms with Gasteiger partial charge in [0.15, 0.2) is 0 Å². The SMILES string of the molecule is CN1C(=O)N(CC2COC2)[C@@](C)(CC2CCC(n3c(=O)c(C(=N)N)c(O)n(CC4CC(F)C4)c3=O)CC2)C1=O. The molecule has 2 aliphatic heterocycles. The first kappa shape index (κ1) is 27.4. The summed E-state index contributed by atoms with van der Waals surface area (Å²) in [5, 5.41) is 18.5. The van der Waals surface area contributed by atoms with Crippen molar-refractivity contribution in [3.05, 3.63) is 26.4 Å². The van der Waals surface area contributed by atoms with Crippen molar-refractivity contribution in [2.24, 2.45) is 23.5 Å². The van der Waals surface area contributed by atoms with Gasteiger partial charge in [-0.05, 0) is 63.7 Å². The smallest absolute Gasteiger partial charge is 0.334 e. The van der Waals surface area contributed by atoms with Crippen LogP contribution in [0.2, 0.25) is 0 Å². The number of likely N-dealkylation sites (N-methyl/N-ethyl adjacent to an activating group) is 1. The van der Waals surface area contributed by atoms with Crippen LogP contribution in [0.4, 0.5) is 9.18 Å². The van der Waals surface area contributed by atoms with Crippen molar-refractivity contribution in [1.29, 1.82) is 5.41 Å². The molecule has 2 saturated carbocycles. The number of alkyl halides is 1. The Morgan fingerprint density at radius 2 is 1.72 bits per heavy atom. The van der Waals surface area contributed by atoms with Gasteiger partial charge in [0.1, 0.15) is 23.1 Å². The molecular formula is C26H37FN6O6. The van der Waals surface area contributed by atoms with E-state index in [2.05, 4.69) is 0 Å². The number of nitrogens with zero attached hydrogens (tertiary/aromatic N) is 4. The Hall–Kier alpha value is -3.22. The first-order valence-corrected chi connectivity index (χ1v) is 13.7.